The van der Waals surface area contributed by atoms with Gasteiger partial charge in [-0.3, -0.25) is 14.9 Å². The number of fused-ring (bicyclic) bond motifs is 1. The van der Waals surface area contributed by atoms with Crippen LogP contribution in [0.15, 0.2) is 65.8 Å². The van der Waals surface area contributed by atoms with E-state index in [1.54, 1.807) is 12.1 Å². The minimum atomic E-state index is -0.487. The average molecular weight is 515 g/mol. The Morgan fingerprint density at radius 2 is 1.94 bits per heavy atom. The van der Waals surface area contributed by atoms with Crippen LogP contribution in [-0.4, -0.2) is 28.6 Å². The molecule has 1 amide bonds. The van der Waals surface area contributed by atoms with Gasteiger partial charge in [0.1, 0.15) is 5.75 Å². The molecule has 0 fully saturated rings. The standard InChI is InChI=1S/C23H16Cl2N4O4S/c1-14-2-8-19-21(10-14)34-23(27-19)28(26-12-15-3-6-17(7-4-15)29(31)32)22(30)13-33-20-9-5-16(24)11-18(20)25/h2-12H,13H2,1H3/b26-12+. The first-order valence-corrected chi connectivity index (χ1v) is 11.4. The van der Waals surface area contributed by atoms with E-state index >= 15 is 0 Å². The lowest BCUT2D eigenvalue weighted by molar-refractivity contribution is -0.384. The van der Waals surface area contributed by atoms with Crippen molar-refractivity contribution < 1.29 is 14.5 Å². The van der Waals surface area contributed by atoms with E-state index in [4.69, 9.17) is 27.9 Å². The number of nitro groups is 1. The summed E-state index contributed by atoms with van der Waals surface area (Å²) in [5.74, 6) is -0.182. The van der Waals surface area contributed by atoms with Gasteiger partial charge >= 0.3 is 0 Å². The second-order valence-corrected chi connectivity index (χ2v) is 8.98. The van der Waals surface area contributed by atoms with Crippen LogP contribution in [0.3, 0.4) is 0 Å². The minimum absolute atomic E-state index is 0.0418. The molecule has 0 N–H and O–H groups in total. The number of hydrogen-bond donors (Lipinski definition) is 0. The fourth-order valence-electron chi connectivity index (χ4n) is 2.93. The molecule has 1 aromatic heterocycles. The molecular weight excluding hydrogens is 499 g/mol. The summed E-state index contributed by atoms with van der Waals surface area (Å²) < 4.78 is 6.49. The number of aromatic nitrogens is 1. The topological polar surface area (TPSA) is 97.9 Å². The van der Waals surface area contributed by atoms with E-state index in [-0.39, 0.29) is 17.3 Å². The number of aryl methyl sites for hydroxylation is 1. The molecule has 8 nitrogen and oxygen atoms in total. The number of hydrazone groups is 1. The van der Waals surface area contributed by atoms with Crippen LogP contribution in [0.25, 0.3) is 10.2 Å². The molecular formula is C23H16Cl2N4O4S. The maximum absolute atomic E-state index is 13.1. The third-order valence-electron chi connectivity index (χ3n) is 4.62. The number of carbonyl (C=O) groups excluding carboxylic acids is 1. The van der Waals surface area contributed by atoms with Gasteiger partial charge in [-0.2, -0.15) is 10.1 Å². The van der Waals surface area contributed by atoms with Gasteiger partial charge in [-0.1, -0.05) is 40.6 Å². The third-order valence-corrected chi connectivity index (χ3v) is 6.15. The first-order chi connectivity index (χ1) is 16.3. The molecule has 3 aromatic carbocycles. The van der Waals surface area contributed by atoms with Crippen LogP contribution < -0.4 is 9.75 Å². The second-order valence-electron chi connectivity index (χ2n) is 7.13. The SMILES string of the molecule is Cc1ccc2nc(N(/N=C/c3ccc([N+](=O)[O-])cc3)C(=O)COc3ccc(Cl)cc3Cl)sc2c1. The normalized spacial score (nSPS) is 11.1. The molecule has 0 unspecified atom stereocenters. The summed E-state index contributed by atoms with van der Waals surface area (Å²) in [6.07, 6.45) is 1.42. The van der Waals surface area contributed by atoms with E-state index in [0.717, 1.165) is 20.8 Å². The largest absolute Gasteiger partial charge is 0.482 e. The number of halogens is 2. The van der Waals surface area contributed by atoms with Crippen molar-refractivity contribution in [2.45, 2.75) is 6.92 Å². The molecule has 0 aliphatic carbocycles. The van der Waals surface area contributed by atoms with Crippen molar-refractivity contribution in [1.82, 2.24) is 4.98 Å². The number of amides is 1. The van der Waals surface area contributed by atoms with Gasteiger partial charge in [0, 0.05) is 17.2 Å². The number of nitrogens with zero attached hydrogens (tertiary/aromatic N) is 4. The molecule has 0 bridgehead atoms. The highest BCUT2D eigenvalue weighted by Gasteiger charge is 2.20. The number of hydrogen-bond acceptors (Lipinski definition) is 7. The molecule has 0 aliphatic heterocycles. The molecule has 0 atom stereocenters. The quantitative estimate of drug-likeness (QED) is 0.164. The Bertz CT molecular complexity index is 1410. The van der Waals surface area contributed by atoms with Crippen molar-refractivity contribution in [2.24, 2.45) is 5.10 Å². The number of nitro benzene ring substituents is 1. The van der Waals surface area contributed by atoms with Crippen molar-refractivity contribution in [2.75, 3.05) is 11.6 Å². The lowest BCUT2D eigenvalue weighted by Crippen LogP contribution is -2.30. The average Bonchev–Trinajstić information content (AvgIpc) is 3.21. The lowest BCUT2D eigenvalue weighted by atomic mass is 10.2. The van der Waals surface area contributed by atoms with E-state index in [0.29, 0.717) is 21.5 Å². The Balaban J connectivity index is 1.62. The van der Waals surface area contributed by atoms with E-state index in [1.807, 2.05) is 25.1 Å². The summed E-state index contributed by atoms with van der Waals surface area (Å²) in [5.41, 5.74) is 2.33. The highest BCUT2D eigenvalue weighted by Crippen LogP contribution is 2.31. The highest BCUT2D eigenvalue weighted by atomic mass is 35.5. The maximum Gasteiger partial charge on any atom is 0.287 e. The van der Waals surface area contributed by atoms with Crippen LogP contribution in [0.1, 0.15) is 11.1 Å². The number of thiazole rings is 1. The van der Waals surface area contributed by atoms with Gasteiger partial charge in [-0.15, -0.1) is 0 Å². The van der Waals surface area contributed by atoms with Crippen molar-refractivity contribution >= 4 is 67.7 Å². The van der Waals surface area contributed by atoms with Crippen LogP contribution >= 0.6 is 34.5 Å². The lowest BCUT2D eigenvalue weighted by Gasteiger charge is -2.15. The zero-order chi connectivity index (χ0) is 24.2. The van der Waals surface area contributed by atoms with Crippen LogP contribution in [0.2, 0.25) is 10.0 Å². The molecule has 0 saturated heterocycles. The van der Waals surface area contributed by atoms with E-state index < -0.39 is 10.8 Å². The predicted molar refractivity (Wildman–Crippen MR) is 134 cm³/mol. The Morgan fingerprint density at radius 3 is 2.65 bits per heavy atom. The number of ether oxygens (including phenoxy) is 1. The molecule has 4 rings (SSSR count). The number of rotatable bonds is 7. The Kier molecular flexibility index (Phi) is 7.06. The van der Waals surface area contributed by atoms with Gasteiger partial charge in [0.2, 0.25) is 5.13 Å². The van der Waals surface area contributed by atoms with Crippen molar-refractivity contribution in [1.29, 1.82) is 0 Å². The van der Waals surface area contributed by atoms with Gasteiger partial charge in [0.15, 0.2) is 6.61 Å². The van der Waals surface area contributed by atoms with Crippen LogP contribution in [0, 0.1) is 17.0 Å². The van der Waals surface area contributed by atoms with Gasteiger partial charge in [-0.25, -0.2) is 4.98 Å². The summed E-state index contributed by atoms with van der Waals surface area (Å²) in [5, 5.41) is 17.4. The molecule has 0 saturated carbocycles. The summed E-state index contributed by atoms with van der Waals surface area (Å²) >= 11 is 13.3. The Morgan fingerprint density at radius 1 is 1.18 bits per heavy atom. The fourth-order valence-corrected chi connectivity index (χ4v) is 4.43. The fraction of sp³-hybridized carbons (Fsp3) is 0.0870. The maximum atomic E-state index is 13.1. The highest BCUT2D eigenvalue weighted by molar-refractivity contribution is 7.22. The summed E-state index contributed by atoms with van der Waals surface area (Å²) in [6.45, 7) is 1.62. The smallest absolute Gasteiger partial charge is 0.287 e. The molecule has 0 aliphatic rings. The van der Waals surface area contributed by atoms with Crippen molar-refractivity contribution in [3.63, 3.8) is 0 Å². The zero-order valence-electron chi connectivity index (χ0n) is 17.6. The van der Waals surface area contributed by atoms with Crippen molar-refractivity contribution in [3.8, 4) is 5.75 Å². The summed E-state index contributed by atoms with van der Waals surface area (Å²) in [4.78, 5) is 28.0. The monoisotopic (exact) mass is 514 g/mol. The molecule has 172 valence electrons. The van der Waals surface area contributed by atoms with Crippen LogP contribution in [-0.2, 0) is 4.79 Å². The number of carbonyl (C=O) groups is 1. The van der Waals surface area contributed by atoms with E-state index in [2.05, 4.69) is 10.1 Å². The molecule has 34 heavy (non-hydrogen) atoms. The van der Waals surface area contributed by atoms with Crippen LogP contribution in [0.4, 0.5) is 10.8 Å². The number of anilines is 1. The Hall–Kier alpha value is -3.53. The molecule has 11 heteroatoms. The van der Waals surface area contributed by atoms with E-state index in [9.17, 15) is 14.9 Å². The predicted octanol–water partition coefficient (Wildman–Crippen LogP) is 6.27. The molecule has 1 heterocycles. The minimum Gasteiger partial charge on any atom is -0.482 e. The van der Waals surface area contributed by atoms with Crippen molar-refractivity contribution in [3.05, 3.63) is 92.0 Å². The molecule has 4 aromatic rings. The van der Waals surface area contributed by atoms with Crippen LogP contribution in [0.5, 0.6) is 5.75 Å². The van der Waals surface area contributed by atoms with Gasteiger partial charge in [-0.05, 0) is 60.5 Å². The summed E-state index contributed by atoms with van der Waals surface area (Å²) in [7, 11) is 0. The third kappa shape index (κ3) is 5.51. The van der Waals surface area contributed by atoms with Gasteiger partial charge in [0.25, 0.3) is 11.6 Å². The Labute approximate surface area is 208 Å². The molecule has 0 spiro atoms. The van der Waals surface area contributed by atoms with E-state index in [1.165, 1.54) is 47.9 Å². The van der Waals surface area contributed by atoms with Gasteiger partial charge in [0.05, 0.1) is 26.4 Å². The number of non-ortho nitro benzene ring substituents is 1. The summed E-state index contributed by atoms with van der Waals surface area (Å²) in [6, 6.07) is 16.3. The molecule has 0 radical (unpaired) electrons. The number of benzene rings is 3. The zero-order valence-corrected chi connectivity index (χ0v) is 20.0. The first kappa shape index (κ1) is 23.6. The van der Waals surface area contributed by atoms with Gasteiger partial charge < -0.3 is 4.74 Å². The second kappa shape index (κ2) is 10.2. The first-order valence-electron chi connectivity index (χ1n) is 9.86.